The lowest BCUT2D eigenvalue weighted by molar-refractivity contribution is 0.989. The summed E-state index contributed by atoms with van der Waals surface area (Å²) in [7, 11) is 0. The third-order valence-corrected chi connectivity index (χ3v) is 3.06. The van der Waals surface area contributed by atoms with Crippen molar-refractivity contribution in [1.82, 2.24) is 4.98 Å². The van der Waals surface area contributed by atoms with Gasteiger partial charge in [-0.15, -0.1) is 11.3 Å². The standard InChI is InChI=1S/C9H10N2OS/c10-3-1-6-5-7-8(13-6)2-4-11-9(7)12/h2,4-5H,1,3,10H2,(H,11,12). The van der Waals surface area contributed by atoms with E-state index in [9.17, 15) is 4.79 Å². The number of aromatic nitrogens is 1. The number of H-pyrrole nitrogens is 1. The summed E-state index contributed by atoms with van der Waals surface area (Å²) in [6, 6.07) is 3.84. The van der Waals surface area contributed by atoms with Crippen LogP contribution in [0.4, 0.5) is 0 Å². The molecule has 0 aromatic carbocycles. The first-order valence-electron chi connectivity index (χ1n) is 4.11. The van der Waals surface area contributed by atoms with E-state index in [-0.39, 0.29) is 5.56 Å². The first-order valence-corrected chi connectivity index (χ1v) is 4.93. The molecule has 0 unspecified atom stereocenters. The van der Waals surface area contributed by atoms with E-state index in [1.165, 1.54) is 4.88 Å². The zero-order valence-electron chi connectivity index (χ0n) is 7.04. The van der Waals surface area contributed by atoms with E-state index in [4.69, 9.17) is 5.73 Å². The van der Waals surface area contributed by atoms with Gasteiger partial charge in [0.15, 0.2) is 0 Å². The molecule has 0 spiro atoms. The molecular formula is C9H10N2OS. The minimum atomic E-state index is -0.0166. The van der Waals surface area contributed by atoms with E-state index in [0.29, 0.717) is 6.54 Å². The number of hydrogen-bond acceptors (Lipinski definition) is 3. The van der Waals surface area contributed by atoms with Crippen LogP contribution in [-0.2, 0) is 6.42 Å². The van der Waals surface area contributed by atoms with Crippen molar-refractivity contribution in [2.75, 3.05) is 6.54 Å². The molecule has 0 saturated carbocycles. The van der Waals surface area contributed by atoms with E-state index in [1.54, 1.807) is 17.5 Å². The lowest BCUT2D eigenvalue weighted by Gasteiger charge is -1.86. The highest BCUT2D eigenvalue weighted by molar-refractivity contribution is 7.19. The second kappa shape index (κ2) is 3.32. The van der Waals surface area contributed by atoms with Gasteiger partial charge in [-0.25, -0.2) is 0 Å². The van der Waals surface area contributed by atoms with Crippen LogP contribution in [0.5, 0.6) is 0 Å². The second-order valence-electron chi connectivity index (χ2n) is 2.84. The van der Waals surface area contributed by atoms with Crippen molar-refractivity contribution in [2.45, 2.75) is 6.42 Å². The molecular weight excluding hydrogens is 184 g/mol. The Morgan fingerprint density at radius 3 is 3.08 bits per heavy atom. The van der Waals surface area contributed by atoms with Crippen LogP contribution in [0, 0.1) is 0 Å². The normalized spacial score (nSPS) is 10.8. The molecule has 2 aromatic heterocycles. The van der Waals surface area contributed by atoms with Gasteiger partial charge in [0.2, 0.25) is 0 Å². The van der Waals surface area contributed by atoms with Crippen molar-refractivity contribution in [1.29, 1.82) is 0 Å². The predicted octanol–water partition coefficient (Wildman–Crippen LogP) is 1.09. The number of thiophene rings is 1. The van der Waals surface area contributed by atoms with Gasteiger partial charge in [-0.3, -0.25) is 4.79 Å². The Morgan fingerprint density at radius 2 is 2.38 bits per heavy atom. The summed E-state index contributed by atoms with van der Waals surface area (Å²) in [6.07, 6.45) is 2.52. The number of nitrogens with two attached hydrogens (primary N) is 1. The summed E-state index contributed by atoms with van der Waals surface area (Å²) in [4.78, 5) is 15.1. The largest absolute Gasteiger partial charge is 0.330 e. The highest BCUT2D eigenvalue weighted by Crippen LogP contribution is 2.22. The average molecular weight is 194 g/mol. The van der Waals surface area contributed by atoms with Gasteiger partial charge in [-0.05, 0) is 25.1 Å². The van der Waals surface area contributed by atoms with Crippen LogP contribution in [0.25, 0.3) is 10.1 Å². The first kappa shape index (κ1) is 8.47. The number of hydrogen-bond donors (Lipinski definition) is 2. The van der Waals surface area contributed by atoms with Crippen molar-refractivity contribution >= 4 is 21.4 Å². The molecule has 0 aliphatic heterocycles. The zero-order chi connectivity index (χ0) is 9.26. The molecule has 2 aromatic rings. The van der Waals surface area contributed by atoms with E-state index >= 15 is 0 Å². The van der Waals surface area contributed by atoms with E-state index in [2.05, 4.69) is 4.98 Å². The molecule has 0 aliphatic carbocycles. The average Bonchev–Trinajstić information content (AvgIpc) is 2.49. The Hall–Kier alpha value is -1.13. The van der Waals surface area contributed by atoms with E-state index in [1.807, 2.05) is 12.1 Å². The van der Waals surface area contributed by atoms with Gasteiger partial charge >= 0.3 is 0 Å². The summed E-state index contributed by atoms with van der Waals surface area (Å²) < 4.78 is 1.03. The topological polar surface area (TPSA) is 58.9 Å². The number of nitrogens with one attached hydrogen (secondary N) is 1. The molecule has 13 heavy (non-hydrogen) atoms. The minimum absolute atomic E-state index is 0.0166. The molecule has 2 heterocycles. The minimum Gasteiger partial charge on any atom is -0.330 e. The van der Waals surface area contributed by atoms with Gasteiger partial charge < -0.3 is 10.7 Å². The molecule has 4 heteroatoms. The molecule has 2 rings (SSSR count). The lowest BCUT2D eigenvalue weighted by atomic mass is 10.3. The van der Waals surface area contributed by atoms with Crippen molar-refractivity contribution in [3.63, 3.8) is 0 Å². The molecule has 0 bridgehead atoms. The van der Waals surface area contributed by atoms with Gasteiger partial charge in [0.1, 0.15) is 0 Å². The van der Waals surface area contributed by atoms with Crippen LogP contribution in [0.15, 0.2) is 23.1 Å². The van der Waals surface area contributed by atoms with Gasteiger partial charge in [0.25, 0.3) is 5.56 Å². The molecule has 0 saturated heterocycles. The molecule has 3 nitrogen and oxygen atoms in total. The molecule has 3 N–H and O–H groups in total. The maximum Gasteiger partial charge on any atom is 0.256 e. The van der Waals surface area contributed by atoms with Crippen LogP contribution in [0.1, 0.15) is 4.88 Å². The maximum atomic E-state index is 11.3. The number of fused-ring (bicyclic) bond motifs is 1. The fourth-order valence-electron chi connectivity index (χ4n) is 1.30. The van der Waals surface area contributed by atoms with Crippen LogP contribution < -0.4 is 11.3 Å². The van der Waals surface area contributed by atoms with Gasteiger partial charge in [-0.2, -0.15) is 0 Å². The molecule has 0 amide bonds. The first-order chi connectivity index (χ1) is 6.31. The number of pyridine rings is 1. The third-order valence-electron chi connectivity index (χ3n) is 1.90. The summed E-state index contributed by atoms with van der Waals surface area (Å²) >= 11 is 1.64. The number of rotatable bonds is 2. The highest BCUT2D eigenvalue weighted by Gasteiger charge is 2.02. The Morgan fingerprint density at radius 1 is 1.54 bits per heavy atom. The van der Waals surface area contributed by atoms with Crippen molar-refractivity contribution in [3.8, 4) is 0 Å². The van der Waals surface area contributed by atoms with E-state index < -0.39 is 0 Å². The van der Waals surface area contributed by atoms with Crippen LogP contribution in [0.3, 0.4) is 0 Å². The van der Waals surface area contributed by atoms with Gasteiger partial charge in [-0.1, -0.05) is 0 Å². The summed E-state index contributed by atoms with van der Waals surface area (Å²) in [5, 5.41) is 0.774. The Labute approximate surface area is 79.2 Å². The molecule has 0 radical (unpaired) electrons. The molecule has 68 valence electrons. The third kappa shape index (κ3) is 1.50. The number of aromatic amines is 1. The molecule has 0 fully saturated rings. The SMILES string of the molecule is NCCc1cc2c(=O)[nH]ccc2s1. The lowest BCUT2D eigenvalue weighted by Crippen LogP contribution is -2.02. The zero-order valence-corrected chi connectivity index (χ0v) is 7.86. The van der Waals surface area contributed by atoms with Gasteiger partial charge in [0.05, 0.1) is 5.39 Å². The van der Waals surface area contributed by atoms with Crippen molar-refractivity contribution in [3.05, 3.63) is 33.6 Å². The fourth-order valence-corrected chi connectivity index (χ4v) is 2.37. The van der Waals surface area contributed by atoms with Crippen LogP contribution in [-0.4, -0.2) is 11.5 Å². The maximum absolute atomic E-state index is 11.3. The van der Waals surface area contributed by atoms with E-state index in [0.717, 1.165) is 16.5 Å². The summed E-state index contributed by atoms with van der Waals surface area (Å²) in [5.74, 6) is 0. The quantitative estimate of drug-likeness (QED) is 0.751. The Kier molecular flexibility index (Phi) is 2.16. The molecule has 0 atom stereocenters. The van der Waals surface area contributed by atoms with Gasteiger partial charge in [0, 0.05) is 15.8 Å². The van der Waals surface area contributed by atoms with Crippen molar-refractivity contribution in [2.24, 2.45) is 5.73 Å². The Bertz CT molecular complexity index is 472. The monoisotopic (exact) mass is 194 g/mol. The summed E-state index contributed by atoms with van der Waals surface area (Å²) in [6.45, 7) is 0.630. The highest BCUT2D eigenvalue weighted by atomic mass is 32.1. The predicted molar refractivity (Wildman–Crippen MR) is 55.2 cm³/mol. The second-order valence-corrected chi connectivity index (χ2v) is 4.00. The van der Waals surface area contributed by atoms with Crippen LogP contribution in [0.2, 0.25) is 0 Å². The molecule has 0 aliphatic rings. The van der Waals surface area contributed by atoms with Crippen LogP contribution >= 0.6 is 11.3 Å². The Balaban J connectivity index is 2.62. The van der Waals surface area contributed by atoms with Crippen molar-refractivity contribution < 1.29 is 0 Å². The smallest absolute Gasteiger partial charge is 0.256 e. The fraction of sp³-hybridized carbons (Fsp3) is 0.222. The summed E-state index contributed by atoms with van der Waals surface area (Å²) in [5.41, 5.74) is 5.42.